The number of hydrogen-bond donors (Lipinski definition) is 1. The summed E-state index contributed by atoms with van der Waals surface area (Å²) in [4.78, 5) is 16.0. The van der Waals surface area contributed by atoms with Crippen LogP contribution < -0.4 is 0 Å². The Morgan fingerprint density at radius 2 is 2.47 bits per heavy atom. The predicted molar refractivity (Wildman–Crippen MR) is 52.6 cm³/mol. The second kappa shape index (κ2) is 2.85. The van der Waals surface area contributed by atoms with Gasteiger partial charge < -0.3 is 5.11 Å². The molecular formula is C11H13NO3. The molecule has 0 aromatic heterocycles. The third-order valence-electron chi connectivity index (χ3n) is 3.73. The zero-order chi connectivity index (χ0) is 10.6. The van der Waals surface area contributed by atoms with Crippen LogP contribution in [0, 0.1) is 17.8 Å². The van der Waals surface area contributed by atoms with Crippen molar-refractivity contribution in [2.75, 3.05) is 13.7 Å². The Morgan fingerprint density at radius 1 is 1.67 bits per heavy atom. The van der Waals surface area contributed by atoms with E-state index < -0.39 is 5.97 Å². The van der Waals surface area contributed by atoms with Crippen molar-refractivity contribution in [3.05, 3.63) is 23.4 Å². The number of aliphatic carboxylic acids is 1. The van der Waals surface area contributed by atoms with Gasteiger partial charge in [0.25, 0.3) is 0 Å². The highest BCUT2D eigenvalue weighted by Crippen LogP contribution is 2.61. The van der Waals surface area contributed by atoms with Crippen molar-refractivity contribution in [1.29, 1.82) is 0 Å². The number of fused-ring (bicyclic) bond motifs is 2. The van der Waals surface area contributed by atoms with Crippen LogP contribution in [-0.4, -0.2) is 29.8 Å². The number of allylic oxidation sites excluding steroid dienone is 2. The molecule has 0 bridgehead atoms. The summed E-state index contributed by atoms with van der Waals surface area (Å²) in [5.41, 5.74) is 2.60. The van der Waals surface area contributed by atoms with E-state index in [0.717, 1.165) is 13.0 Å². The van der Waals surface area contributed by atoms with E-state index >= 15 is 0 Å². The minimum Gasteiger partial charge on any atom is -0.481 e. The molecule has 4 nitrogen and oxygen atoms in total. The second-order valence-corrected chi connectivity index (χ2v) is 4.38. The lowest BCUT2D eigenvalue weighted by molar-refractivity contribution is -0.139. The highest BCUT2D eigenvalue weighted by Gasteiger charge is 2.60. The summed E-state index contributed by atoms with van der Waals surface area (Å²) in [6, 6.07) is 0. The predicted octanol–water partition coefficient (Wildman–Crippen LogP) is 1.02. The molecule has 2 aliphatic carbocycles. The van der Waals surface area contributed by atoms with Gasteiger partial charge in [0.1, 0.15) is 0 Å². The number of nitrogens with zero attached hydrogens (tertiary/aromatic N) is 1. The summed E-state index contributed by atoms with van der Waals surface area (Å²) in [5, 5.41) is 10.7. The first-order chi connectivity index (χ1) is 7.22. The second-order valence-electron chi connectivity index (χ2n) is 4.38. The monoisotopic (exact) mass is 207 g/mol. The van der Waals surface area contributed by atoms with Gasteiger partial charge in [-0.15, -0.1) is 0 Å². The third kappa shape index (κ3) is 1.14. The fraction of sp³-hybridized carbons (Fsp3) is 0.545. The minimum absolute atomic E-state index is 0.131. The number of carboxylic acids is 1. The molecule has 1 aliphatic heterocycles. The van der Waals surface area contributed by atoms with E-state index in [-0.39, 0.29) is 11.8 Å². The van der Waals surface area contributed by atoms with E-state index in [0.29, 0.717) is 5.92 Å². The maximum atomic E-state index is 10.9. The van der Waals surface area contributed by atoms with Crippen LogP contribution in [0.1, 0.15) is 6.42 Å². The lowest BCUT2D eigenvalue weighted by Gasteiger charge is -2.23. The Morgan fingerprint density at radius 3 is 3.13 bits per heavy atom. The molecule has 80 valence electrons. The van der Waals surface area contributed by atoms with E-state index in [2.05, 4.69) is 0 Å². The van der Waals surface area contributed by atoms with Crippen molar-refractivity contribution >= 4 is 5.97 Å². The first kappa shape index (κ1) is 8.97. The van der Waals surface area contributed by atoms with Gasteiger partial charge in [-0.25, -0.2) is 0 Å². The zero-order valence-electron chi connectivity index (χ0n) is 8.51. The molecule has 1 fully saturated rings. The minimum atomic E-state index is -0.643. The average Bonchev–Trinajstić information content (AvgIpc) is 2.83. The van der Waals surface area contributed by atoms with Crippen molar-refractivity contribution in [1.82, 2.24) is 5.06 Å². The molecule has 4 heteroatoms. The van der Waals surface area contributed by atoms with Gasteiger partial charge in [-0.05, 0) is 35.5 Å². The van der Waals surface area contributed by atoms with E-state index in [1.54, 1.807) is 12.2 Å². The van der Waals surface area contributed by atoms with Crippen LogP contribution in [0.4, 0.5) is 0 Å². The first-order valence-electron chi connectivity index (χ1n) is 5.16. The molecule has 0 aromatic carbocycles. The Hall–Kier alpha value is -1.29. The molecule has 0 aromatic rings. The third-order valence-corrected chi connectivity index (χ3v) is 3.73. The zero-order valence-corrected chi connectivity index (χ0v) is 8.51. The van der Waals surface area contributed by atoms with Crippen LogP contribution in [-0.2, 0) is 9.63 Å². The molecule has 0 saturated heterocycles. The van der Waals surface area contributed by atoms with Crippen molar-refractivity contribution < 1.29 is 14.7 Å². The lowest BCUT2D eigenvalue weighted by atomic mass is 10.0. The van der Waals surface area contributed by atoms with Gasteiger partial charge in [-0.1, -0.05) is 0 Å². The number of rotatable bonds is 2. The molecule has 0 spiro atoms. The number of carbonyl (C=O) groups is 1. The van der Waals surface area contributed by atoms with E-state index in [1.165, 1.54) is 11.1 Å². The summed E-state index contributed by atoms with van der Waals surface area (Å²) < 4.78 is 0. The Bertz CT molecular complexity index is 385. The van der Waals surface area contributed by atoms with E-state index in [1.807, 2.05) is 12.3 Å². The normalized spacial score (nSPS) is 36.6. The van der Waals surface area contributed by atoms with Crippen LogP contribution in [0.3, 0.4) is 0 Å². The van der Waals surface area contributed by atoms with Gasteiger partial charge in [0.2, 0.25) is 0 Å². The van der Waals surface area contributed by atoms with Crippen LogP contribution in [0.15, 0.2) is 23.4 Å². The fourth-order valence-electron chi connectivity index (χ4n) is 2.94. The Kier molecular flexibility index (Phi) is 1.71. The van der Waals surface area contributed by atoms with Crippen molar-refractivity contribution in [3.8, 4) is 0 Å². The van der Waals surface area contributed by atoms with Crippen LogP contribution in [0.2, 0.25) is 0 Å². The Labute approximate surface area is 87.8 Å². The summed E-state index contributed by atoms with van der Waals surface area (Å²) in [6.45, 7) is 0.729. The molecule has 1 N–H and O–H groups in total. The summed E-state index contributed by atoms with van der Waals surface area (Å²) in [6.07, 6.45) is 4.90. The highest BCUT2D eigenvalue weighted by molar-refractivity contribution is 5.77. The maximum Gasteiger partial charge on any atom is 0.307 e. The molecular weight excluding hydrogens is 194 g/mol. The molecule has 3 aliphatic rings. The SMILES string of the molecule is CON1C=CC2=C(C1)C1C(C2)C1C(=O)O. The molecule has 0 radical (unpaired) electrons. The summed E-state index contributed by atoms with van der Waals surface area (Å²) >= 11 is 0. The standard InChI is InChI=1S/C11H13NO3/c1-15-12-3-2-6-4-7-9(8(6)5-12)10(7)11(13)14/h2-3,7,9-10H,4-5H2,1H3,(H,13,14). The fourth-order valence-corrected chi connectivity index (χ4v) is 2.94. The molecule has 3 rings (SSSR count). The molecule has 0 amide bonds. The van der Waals surface area contributed by atoms with Crippen molar-refractivity contribution in [2.24, 2.45) is 17.8 Å². The maximum absolute atomic E-state index is 10.9. The van der Waals surface area contributed by atoms with Gasteiger partial charge in [0.05, 0.1) is 19.6 Å². The van der Waals surface area contributed by atoms with Crippen molar-refractivity contribution in [2.45, 2.75) is 6.42 Å². The molecule has 3 unspecified atom stereocenters. The molecule has 1 saturated carbocycles. The quantitative estimate of drug-likeness (QED) is 0.734. The summed E-state index contributed by atoms with van der Waals surface area (Å²) in [7, 11) is 1.63. The number of hydrogen-bond acceptors (Lipinski definition) is 3. The van der Waals surface area contributed by atoms with E-state index in [4.69, 9.17) is 9.94 Å². The first-order valence-corrected chi connectivity index (χ1v) is 5.16. The number of carboxylic acid groups (broad SMARTS) is 1. The molecule has 1 heterocycles. The Balaban J connectivity index is 1.82. The highest BCUT2D eigenvalue weighted by atomic mass is 16.7. The van der Waals surface area contributed by atoms with Gasteiger partial charge in [-0.3, -0.25) is 14.7 Å². The van der Waals surface area contributed by atoms with Crippen LogP contribution >= 0.6 is 0 Å². The lowest BCUT2D eigenvalue weighted by Crippen LogP contribution is -2.23. The van der Waals surface area contributed by atoms with Gasteiger partial charge in [-0.2, -0.15) is 0 Å². The van der Waals surface area contributed by atoms with Crippen LogP contribution in [0.25, 0.3) is 0 Å². The molecule has 15 heavy (non-hydrogen) atoms. The number of hydroxylamine groups is 2. The smallest absolute Gasteiger partial charge is 0.307 e. The van der Waals surface area contributed by atoms with Gasteiger partial charge >= 0.3 is 5.97 Å². The topological polar surface area (TPSA) is 49.8 Å². The van der Waals surface area contributed by atoms with Gasteiger partial charge in [0, 0.05) is 6.20 Å². The van der Waals surface area contributed by atoms with Crippen LogP contribution in [0.5, 0.6) is 0 Å². The van der Waals surface area contributed by atoms with Crippen molar-refractivity contribution in [3.63, 3.8) is 0 Å². The summed E-state index contributed by atoms with van der Waals surface area (Å²) in [5.74, 6) is -0.141. The molecule has 3 atom stereocenters. The average molecular weight is 207 g/mol. The van der Waals surface area contributed by atoms with Gasteiger partial charge in [0.15, 0.2) is 0 Å². The largest absolute Gasteiger partial charge is 0.481 e. The van der Waals surface area contributed by atoms with E-state index in [9.17, 15) is 4.79 Å².